The summed E-state index contributed by atoms with van der Waals surface area (Å²) in [4.78, 5) is 20.5. The minimum Gasteiger partial charge on any atom is -0.374 e. The molecule has 0 spiro atoms. The number of aliphatic hydroxyl groups is 1. The molecule has 164 valence electrons. The van der Waals surface area contributed by atoms with Gasteiger partial charge in [0.2, 0.25) is 5.91 Å². The normalized spacial score (nSPS) is 21.8. The number of fused-ring (bicyclic) bond motifs is 1. The first-order valence-corrected chi connectivity index (χ1v) is 11.5. The van der Waals surface area contributed by atoms with Crippen LogP contribution in [0.15, 0.2) is 30.5 Å². The summed E-state index contributed by atoms with van der Waals surface area (Å²) in [6, 6.07) is 9.28. The topological polar surface area (TPSA) is 92.5 Å². The van der Waals surface area contributed by atoms with Gasteiger partial charge in [-0.1, -0.05) is 0 Å². The molecule has 2 atom stereocenters. The SMILES string of the molecule is CC1(F)CCN(c2ccc3nccc(C(O)NCC(=O)N4CSC[C@H]4C#N)c3c2)CC1. The second kappa shape index (κ2) is 8.99. The largest absolute Gasteiger partial charge is 0.374 e. The van der Waals surface area contributed by atoms with E-state index < -0.39 is 17.9 Å². The highest BCUT2D eigenvalue weighted by molar-refractivity contribution is 7.99. The average molecular weight is 444 g/mol. The van der Waals surface area contributed by atoms with E-state index in [0.29, 0.717) is 43.1 Å². The van der Waals surface area contributed by atoms with Gasteiger partial charge in [0.05, 0.1) is 24.0 Å². The highest BCUT2D eigenvalue weighted by atomic mass is 32.2. The van der Waals surface area contributed by atoms with Crippen LogP contribution in [0.5, 0.6) is 0 Å². The number of carbonyl (C=O) groups excluding carboxylic acids is 1. The molecule has 0 bridgehead atoms. The van der Waals surface area contributed by atoms with Crippen molar-refractivity contribution in [3.63, 3.8) is 0 Å². The van der Waals surface area contributed by atoms with E-state index in [4.69, 9.17) is 5.26 Å². The van der Waals surface area contributed by atoms with Crippen LogP contribution in [0, 0.1) is 11.3 Å². The number of rotatable bonds is 5. The maximum Gasteiger partial charge on any atom is 0.238 e. The van der Waals surface area contributed by atoms with Gasteiger partial charge in [-0.05, 0) is 44.0 Å². The van der Waals surface area contributed by atoms with Gasteiger partial charge in [0, 0.05) is 41.7 Å². The van der Waals surface area contributed by atoms with Crippen molar-refractivity contribution in [3.8, 4) is 6.07 Å². The molecule has 3 heterocycles. The van der Waals surface area contributed by atoms with E-state index in [1.165, 1.54) is 4.90 Å². The lowest BCUT2D eigenvalue weighted by atomic mass is 9.95. The molecule has 9 heteroatoms. The summed E-state index contributed by atoms with van der Waals surface area (Å²) in [6.07, 6.45) is 1.53. The summed E-state index contributed by atoms with van der Waals surface area (Å²) in [5.74, 6) is 0.891. The fraction of sp³-hybridized carbons (Fsp3) is 0.500. The molecule has 0 radical (unpaired) electrons. The predicted molar refractivity (Wildman–Crippen MR) is 119 cm³/mol. The lowest BCUT2D eigenvalue weighted by Gasteiger charge is -2.35. The van der Waals surface area contributed by atoms with Crippen molar-refractivity contribution in [1.29, 1.82) is 5.26 Å². The van der Waals surface area contributed by atoms with Crippen LogP contribution in [0.4, 0.5) is 10.1 Å². The van der Waals surface area contributed by atoms with Crippen LogP contribution in [0.2, 0.25) is 0 Å². The lowest BCUT2D eigenvalue weighted by Crippen LogP contribution is -2.42. The number of hydrogen-bond acceptors (Lipinski definition) is 7. The molecule has 1 aromatic heterocycles. The molecule has 2 aliphatic rings. The molecule has 1 amide bonds. The number of amides is 1. The van der Waals surface area contributed by atoms with E-state index >= 15 is 0 Å². The van der Waals surface area contributed by atoms with Crippen molar-refractivity contribution in [2.75, 3.05) is 36.2 Å². The van der Waals surface area contributed by atoms with Crippen molar-refractivity contribution >= 4 is 34.3 Å². The van der Waals surface area contributed by atoms with Crippen LogP contribution >= 0.6 is 11.8 Å². The second-order valence-corrected chi connectivity index (χ2v) is 9.29. The number of thioether (sulfide) groups is 1. The van der Waals surface area contributed by atoms with E-state index in [-0.39, 0.29) is 12.5 Å². The molecule has 2 aliphatic heterocycles. The smallest absolute Gasteiger partial charge is 0.238 e. The Bertz CT molecular complexity index is 1000. The third kappa shape index (κ3) is 4.76. The molecule has 31 heavy (non-hydrogen) atoms. The number of anilines is 1. The zero-order valence-corrected chi connectivity index (χ0v) is 18.2. The van der Waals surface area contributed by atoms with Gasteiger partial charge in [0.15, 0.2) is 0 Å². The number of nitriles is 1. The summed E-state index contributed by atoms with van der Waals surface area (Å²) in [5.41, 5.74) is 1.21. The molecular formula is C22H26FN5O2S. The Morgan fingerprint density at radius 1 is 1.45 bits per heavy atom. The summed E-state index contributed by atoms with van der Waals surface area (Å²) in [6.45, 7) is 2.86. The van der Waals surface area contributed by atoms with Crippen LogP contribution in [0.1, 0.15) is 31.6 Å². The molecule has 4 rings (SSSR count). The van der Waals surface area contributed by atoms with Crippen LogP contribution < -0.4 is 10.2 Å². The van der Waals surface area contributed by atoms with Gasteiger partial charge in [-0.15, -0.1) is 11.8 Å². The minimum absolute atomic E-state index is 0.0649. The highest BCUT2D eigenvalue weighted by Gasteiger charge is 2.30. The Morgan fingerprint density at radius 2 is 2.23 bits per heavy atom. The number of benzene rings is 1. The number of aromatic nitrogens is 1. The van der Waals surface area contributed by atoms with Gasteiger partial charge in [-0.3, -0.25) is 15.1 Å². The summed E-state index contributed by atoms with van der Waals surface area (Å²) >= 11 is 1.55. The Morgan fingerprint density at radius 3 is 2.97 bits per heavy atom. The molecule has 2 fully saturated rings. The van der Waals surface area contributed by atoms with Crippen molar-refractivity contribution in [2.24, 2.45) is 0 Å². The van der Waals surface area contributed by atoms with Gasteiger partial charge >= 0.3 is 0 Å². The average Bonchev–Trinajstić information content (AvgIpc) is 3.25. The minimum atomic E-state index is -1.12. The number of aliphatic hydroxyl groups excluding tert-OH is 1. The first-order valence-electron chi connectivity index (χ1n) is 10.4. The molecule has 2 aromatic rings. The van der Waals surface area contributed by atoms with Crippen LogP contribution in [-0.2, 0) is 4.79 Å². The van der Waals surface area contributed by atoms with Gasteiger partial charge < -0.3 is 14.9 Å². The van der Waals surface area contributed by atoms with Crippen molar-refractivity contribution < 1.29 is 14.3 Å². The standard InChI is InChI=1S/C22H26FN5O2S/c1-22(23)5-8-27(9-6-22)15-2-3-19-18(10-15)17(4-7-25-19)21(30)26-12-20(29)28-14-31-13-16(28)11-24/h2-4,7,10,16,21,26,30H,5-6,8-9,12-14H2,1H3/t16-,21?/m1/s1. The first kappa shape index (κ1) is 21.8. The number of alkyl halides is 1. The lowest BCUT2D eigenvalue weighted by molar-refractivity contribution is -0.130. The molecule has 1 aromatic carbocycles. The first-order chi connectivity index (χ1) is 14.9. The van der Waals surface area contributed by atoms with Crippen LogP contribution in [0.25, 0.3) is 10.9 Å². The summed E-state index contributed by atoms with van der Waals surface area (Å²) in [5, 5.41) is 23.6. The maximum absolute atomic E-state index is 14.2. The number of halogens is 1. The Hall–Kier alpha value is -2.41. The van der Waals surface area contributed by atoms with Gasteiger partial charge in [0.25, 0.3) is 0 Å². The second-order valence-electron chi connectivity index (χ2n) is 8.29. The van der Waals surface area contributed by atoms with E-state index in [2.05, 4.69) is 21.3 Å². The van der Waals surface area contributed by atoms with E-state index in [1.54, 1.807) is 30.9 Å². The van der Waals surface area contributed by atoms with Crippen LogP contribution in [-0.4, -0.2) is 63.9 Å². The highest BCUT2D eigenvalue weighted by Crippen LogP contribution is 2.31. The molecule has 7 nitrogen and oxygen atoms in total. The van der Waals surface area contributed by atoms with Crippen molar-refractivity contribution in [1.82, 2.24) is 15.2 Å². The third-order valence-electron chi connectivity index (χ3n) is 6.02. The number of pyridine rings is 1. The molecule has 2 N–H and O–H groups in total. The zero-order valence-electron chi connectivity index (χ0n) is 17.4. The fourth-order valence-electron chi connectivity index (χ4n) is 4.01. The van der Waals surface area contributed by atoms with E-state index in [0.717, 1.165) is 16.6 Å². The summed E-state index contributed by atoms with van der Waals surface area (Å²) in [7, 11) is 0. The number of piperidine rings is 1. The number of nitrogens with one attached hydrogen (secondary N) is 1. The zero-order chi connectivity index (χ0) is 22.0. The fourth-order valence-corrected chi connectivity index (χ4v) is 5.12. The van der Waals surface area contributed by atoms with Gasteiger partial charge in [-0.25, -0.2) is 4.39 Å². The monoisotopic (exact) mass is 443 g/mol. The summed E-state index contributed by atoms with van der Waals surface area (Å²) < 4.78 is 14.2. The van der Waals surface area contributed by atoms with Crippen molar-refractivity contribution in [2.45, 2.75) is 37.7 Å². The molecule has 0 saturated carbocycles. The third-order valence-corrected chi connectivity index (χ3v) is 7.04. The van der Waals surface area contributed by atoms with E-state index in [1.807, 2.05) is 18.2 Å². The van der Waals surface area contributed by atoms with Crippen molar-refractivity contribution in [3.05, 3.63) is 36.0 Å². The number of hydrogen-bond donors (Lipinski definition) is 2. The number of nitrogens with zero attached hydrogens (tertiary/aromatic N) is 4. The molecule has 1 unspecified atom stereocenters. The quantitative estimate of drug-likeness (QED) is 0.686. The van der Waals surface area contributed by atoms with E-state index in [9.17, 15) is 14.3 Å². The molecule has 2 saturated heterocycles. The number of carbonyl (C=O) groups is 1. The maximum atomic E-state index is 14.2. The predicted octanol–water partition coefficient (Wildman–Crippen LogP) is 2.57. The molecular weight excluding hydrogens is 417 g/mol. The van der Waals surface area contributed by atoms with Gasteiger partial charge in [0.1, 0.15) is 17.9 Å². The van der Waals surface area contributed by atoms with Gasteiger partial charge in [-0.2, -0.15) is 5.26 Å². The molecule has 0 aliphatic carbocycles. The van der Waals surface area contributed by atoms with Crippen LogP contribution in [0.3, 0.4) is 0 Å². The Kier molecular flexibility index (Phi) is 6.32. The Balaban J connectivity index is 1.49. The Labute approximate surface area is 185 Å².